The molecule has 1 saturated heterocycles. The number of thiophene rings is 1. The molecule has 7 heteroatoms. The minimum absolute atomic E-state index is 0.0970. The van der Waals surface area contributed by atoms with Crippen LogP contribution in [0.15, 0.2) is 17.5 Å². The Labute approximate surface area is 157 Å². The van der Waals surface area contributed by atoms with Crippen LogP contribution in [0.5, 0.6) is 0 Å². The third-order valence-corrected chi connectivity index (χ3v) is 6.08. The number of rotatable bonds is 4. The first-order valence-corrected chi connectivity index (χ1v) is 10.3. The molecule has 3 N–H and O–H groups in total. The van der Waals surface area contributed by atoms with Crippen molar-refractivity contribution in [3.05, 3.63) is 39.3 Å². The van der Waals surface area contributed by atoms with E-state index in [0.717, 1.165) is 69.4 Å². The fraction of sp³-hybridized carbons (Fsp3) is 0.526. The number of fused-ring (bicyclic) bond motifs is 1. The maximum absolute atomic E-state index is 12.9. The third-order valence-electron chi connectivity index (χ3n) is 5.22. The van der Waals surface area contributed by atoms with Gasteiger partial charge in [0.2, 0.25) is 5.95 Å². The summed E-state index contributed by atoms with van der Waals surface area (Å²) in [7, 11) is 0. The lowest BCUT2D eigenvalue weighted by Crippen LogP contribution is -2.47. The number of aromatic nitrogens is 2. The summed E-state index contributed by atoms with van der Waals surface area (Å²) < 4.78 is 0. The number of hydrogen-bond donors (Lipinski definition) is 2. The number of carbonyl (C=O) groups excluding carboxylic acids is 1. The minimum atomic E-state index is -0.0970. The van der Waals surface area contributed by atoms with E-state index < -0.39 is 0 Å². The molecule has 1 aliphatic heterocycles. The standard InChI is InChI=1S/C19H25N5OS/c20-19-22-16-8-2-1-7-15(16)17(23-19)18(25)21-13-5-3-9-24(11-13)12-14-6-4-10-26-14/h4,6,10,13H,1-3,5,7-9,11-12H2,(H,21,25)(H2,20,22,23)/t13-/m1/s1. The number of likely N-dealkylation sites (tertiary alicyclic amines) is 1. The number of nitrogen functional groups attached to an aromatic ring is 1. The largest absolute Gasteiger partial charge is 0.368 e. The zero-order valence-electron chi connectivity index (χ0n) is 14.9. The van der Waals surface area contributed by atoms with Crippen LogP contribution in [-0.2, 0) is 19.4 Å². The monoisotopic (exact) mass is 371 g/mol. The Morgan fingerprint density at radius 1 is 1.31 bits per heavy atom. The fourth-order valence-electron chi connectivity index (χ4n) is 3.99. The molecule has 4 rings (SSSR count). The van der Waals surface area contributed by atoms with E-state index in [9.17, 15) is 4.79 Å². The van der Waals surface area contributed by atoms with E-state index in [4.69, 9.17) is 5.73 Å². The lowest BCUT2D eigenvalue weighted by Gasteiger charge is -2.33. The van der Waals surface area contributed by atoms with Gasteiger partial charge in [0, 0.05) is 35.3 Å². The van der Waals surface area contributed by atoms with Crippen molar-refractivity contribution < 1.29 is 4.79 Å². The Balaban J connectivity index is 1.44. The van der Waals surface area contributed by atoms with Gasteiger partial charge >= 0.3 is 0 Å². The third kappa shape index (κ3) is 3.88. The van der Waals surface area contributed by atoms with Crippen molar-refractivity contribution in [2.24, 2.45) is 0 Å². The van der Waals surface area contributed by atoms with Crippen molar-refractivity contribution in [1.29, 1.82) is 0 Å². The fourth-order valence-corrected chi connectivity index (χ4v) is 4.74. The number of nitrogens with two attached hydrogens (primary N) is 1. The molecule has 3 heterocycles. The molecule has 0 radical (unpaired) electrons. The van der Waals surface area contributed by atoms with Gasteiger partial charge in [-0.25, -0.2) is 9.97 Å². The molecule has 1 amide bonds. The molecule has 138 valence electrons. The number of carbonyl (C=O) groups is 1. The Kier molecular flexibility index (Phi) is 5.17. The second-order valence-electron chi connectivity index (χ2n) is 7.19. The molecule has 6 nitrogen and oxygen atoms in total. The van der Waals surface area contributed by atoms with Gasteiger partial charge in [0.05, 0.1) is 0 Å². The SMILES string of the molecule is Nc1nc2c(c(C(=O)N[C@@H]3CCCN(Cc4cccs4)C3)n1)CCCC2. The van der Waals surface area contributed by atoms with E-state index in [2.05, 4.69) is 37.7 Å². The first-order valence-electron chi connectivity index (χ1n) is 9.40. The molecule has 26 heavy (non-hydrogen) atoms. The van der Waals surface area contributed by atoms with Crippen molar-refractivity contribution >= 4 is 23.2 Å². The molecule has 2 aliphatic rings. The molecule has 2 aromatic heterocycles. The summed E-state index contributed by atoms with van der Waals surface area (Å²) >= 11 is 1.79. The van der Waals surface area contributed by atoms with Crippen molar-refractivity contribution in [2.45, 2.75) is 51.1 Å². The Morgan fingerprint density at radius 3 is 3.04 bits per heavy atom. The molecular formula is C19H25N5OS. The number of hydrogen-bond acceptors (Lipinski definition) is 6. The lowest BCUT2D eigenvalue weighted by atomic mass is 9.94. The van der Waals surface area contributed by atoms with E-state index in [-0.39, 0.29) is 17.9 Å². The summed E-state index contributed by atoms with van der Waals surface area (Å²) in [5, 5.41) is 5.31. The van der Waals surface area contributed by atoms with E-state index in [0.29, 0.717) is 5.69 Å². The summed E-state index contributed by atoms with van der Waals surface area (Å²) in [6, 6.07) is 4.42. The number of amides is 1. The second kappa shape index (κ2) is 7.72. The molecule has 1 fully saturated rings. The zero-order valence-corrected chi connectivity index (χ0v) is 15.7. The first-order chi connectivity index (χ1) is 12.7. The van der Waals surface area contributed by atoms with Crippen LogP contribution in [0.2, 0.25) is 0 Å². The summed E-state index contributed by atoms with van der Waals surface area (Å²) in [5.41, 5.74) is 8.28. The highest BCUT2D eigenvalue weighted by Gasteiger charge is 2.26. The zero-order chi connectivity index (χ0) is 17.9. The van der Waals surface area contributed by atoms with Crippen LogP contribution in [0, 0.1) is 0 Å². The summed E-state index contributed by atoms with van der Waals surface area (Å²) in [6.07, 6.45) is 6.05. The van der Waals surface area contributed by atoms with Gasteiger partial charge in [-0.05, 0) is 56.5 Å². The maximum Gasteiger partial charge on any atom is 0.270 e. The van der Waals surface area contributed by atoms with Gasteiger partial charge in [-0.3, -0.25) is 9.69 Å². The topological polar surface area (TPSA) is 84.1 Å². The molecule has 0 unspecified atom stereocenters. The van der Waals surface area contributed by atoms with E-state index in [1.165, 1.54) is 4.88 Å². The smallest absolute Gasteiger partial charge is 0.270 e. The number of nitrogens with one attached hydrogen (secondary N) is 1. The van der Waals surface area contributed by atoms with Crippen LogP contribution in [0.25, 0.3) is 0 Å². The van der Waals surface area contributed by atoms with Crippen molar-refractivity contribution in [1.82, 2.24) is 20.2 Å². The average Bonchev–Trinajstić information content (AvgIpc) is 3.14. The van der Waals surface area contributed by atoms with Gasteiger partial charge in [-0.2, -0.15) is 0 Å². The van der Waals surface area contributed by atoms with Crippen LogP contribution in [0.1, 0.15) is 52.3 Å². The molecule has 0 saturated carbocycles. The Hall–Kier alpha value is -1.99. The van der Waals surface area contributed by atoms with Crippen molar-refractivity contribution in [2.75, 3.05) is 18.8 Å². The highest BCUT2D eigenvalue weighted by Crippen LogP contribution is 2.23. The number of nitrogens with zero attached hydrogens (tertiary/aromatic N) is 3. The average molecular weight is 372 g/mol. The quantitative estimate of drug-likeness (QED) is 0.862. The van der Waals surface area contributed by atoms with Crippen molar-refractivity contribution in [3.8, 4) is 0 Å². The summed E-state index contributed by atoms with van der Waals surface area (Å²) in [6.45, 7) is 2.92. The van der Waals surface area contributed by atoms with Gasteiger partial charge in [0.15, 0.2) is 0 Å². The van der Waals surface area contributed by atoms with E-state index in [1.807, 2.05) is 0 Å². The van der Waals surface area contributed by atoms with Crippen LogP contribution < -0.4 is 11.1 Å². The molecule has 0 bridgehead atoms. The van der Waals surface area contributed by atoms with Crippen LogP contribution in [0.4, 0.5) is 5.95 Å². The minimum Gasteiger partial charge on any atom is -0.368 e. The lowest BCUT2D eigenvalue weighted by molar-refractivity contribution is 0.0894. The van der Waals surface area contributed by atoms with Crippen LogP contribution >= 0.6 is 11.3 Å². The van der Waals surface area contributed by atoms with E-state index in [1.54, 1.807) is 11.3 Å². The summed E-state index contributed by atoms with van der Waals surface area (Å²) in [5.74, 6) is 0.110. The van der Waals surface area contributed by atoms with Crippen LogP contribution in [-0.4, -0.2) is 39.9 Å². The molecular weight excluding hydrogens is 346 g/mol. The Morgan fingerprint density at radius 2 is 2.19 bits per heavy atom. The second-order valence-corrected chi connectivity index (χ2v) is 8.22. The highest BCUT2D eigenvalue weighted by atomic mass is 32.1. The van der Waals surface area contributed by atoms with Gasteiger partial charge in [-0.1, -0.05) is 6.07 Å². The predicted molar refractivity (Wildman–Crippen MR) is 103 cm³/mol. The molecule has 2 aromatic rings. The molecule has 1 atom stereocenters. The highest BCUT2D eigenvalue weighted by molar-refractivity contribution is 7.09. The molecule has 1 aliphatic carbocycles. The number of anilines is 1. The predicted octanol–water partition coefficient (Wildman–Crippen LogP) is 2.39. The van der Waals surface area contributed by atoms with Gasteiger partial charge in [0.1, 0.15) is 5.69 Å². The van der Waals surface area contributed by atoms with Gasteiger partial charge in [0.25, 0.3) is 5.91 Å². The first kappa shape index (κ1) is 17.4. The van der Waals surface area contributed by atoms with Gasteiger partial charge in [-0.15, -0.1) is 11.3 Å². The molecule has 0 spiro atoms. The molecule has 0 aromatic carbocycles. The maximum atomic E-state index is 12.9. The van der Waals surface area contributed by atoms with Gasteiger partial charge < -0.3 is 11.1 Å². The number of aryl methyl sites for hydroxylation is 1. The van der Waals surface area contributed by atoms with Crippen LogP contribution in [0.3, 0.4) is 0 Å². The number of piperidine rings is 1. The van der Waals surface area contributed by atoms with E-state index >= 15 is 0 Å². The summed E-state index contributed by atoms with van der Waals surface area (Å²) in [4.78, 5) is 25.3. The normalized spacial score (nSPS) is 20.5. The van der Waals surface area contributed by atoms with Crippen molar-refractivity contribution in [3.63, 3.8) is 0 Å². The Bertz CT molecular complexity index is 776.